The Morgan fingerprint density at radius 2 is 1.77 bits per heavy atom. The average molecular weight is 354 g/mol. The number of carboxylic acid groups (broad SMARTS) is 1. The van der Waals surface area contributed by atoms with E-state index in [4.69, 9.17) is 15.6 Å². The minimum Gasteiger partial charge on any atom is -0.480 e. The second kappa shape index (κ2) is 9.80. The Morgan fingerprint density at radius 3 is 2.23 bits per heavy atom. The predicted molar refractivity (Wildman–Crippen MR) is 85.7 cm³/mol. The fraction of sp³-hybridized carbons (Fsp3) is 0.750. The van der Waals surface area contributed by atoms with E-state index < -0.39 is 35.7 Å². The third-order valence-corrected chi connectivity index (χ3v) is 4.51. The Morgan fingerprint density at radius 1 is 1.23 bits per heavy atom. The lowest BCUT2D eigenvalue weighted by Crippen LogP contribution is -2.44. The quantitative estimate of drug-likeness (QED) is 0.330. The van der Waals surface area contributed by atoms with E-state index in [9.17, 15) is 14.4 Å². The first-order chi connectivity index (χ1) is 10.1. The van der Waals surface area contributed by atoms with Gasteiger partial charge in [0.2, 0.25) is 0 Å². The van der Waals surface area contributed by atoms with Crippen molar-refractivity contribution in [2.24, 2.45) is 5.73 Å². The number of rotatable bonds is 8. The molecule has 0 saturated heterocycles. The molecule has 0 aromatic heterocycles. The largest absolute Gasteiger partial charge is 0.480 e. The van der Waals surface area contributed by atoms with Crippen LogP contribution < -0.4 is 11.1 Å². The maximum Gasteiger partial charge on any atom is 0.408 e. The van der Waals surface area contributed by atoms with Gasteiger partial charge in [-0.15, -0.1) is 0 Å². The van der Waals surface area contributed by atoms with Crippen molar-refractivity contribution in [1.29, 1.82) is 0 Å². The van der Waals surface area contributed by atoms with E-state index in [0.29, 0.717) is 0 Å². The Bertz CT molecular complexity index is 400. The van der Waals surface area contributed by atoms with E-state index in [2.05, 4.69) is 10.1 Å². The van der Waals surface area contributed by atoms with Crippen molar-refractivity contribution in [2.45, 2.75) is 38.5 Å². The number of hydrogen-bond donors (Lipinski definition) is 3. The molecule has 0 aromatic rings. The Balaban J connectivity index is 4.19. The number of nitrogens with two attached hydrogens (primary N) is 1. The molecule has 8 nitrogen and oxygen atoms in total. The van der Waals surface area contributed by atoms with Crippen molar-refractivity contribution >= 4 is 39.6 Å². The molecule has 0 saturated carbocycles. The van der Waals surface area contributed by atoms with Crippen LogP contribution in [0.25, 0.3) is 0 Å². The van der Waals surface area contributed by atoms with Crippen molar-refractivity contribution in [3.05, 3.63) is 0 Å². The SMILES string of the molecule is COC(=O)[C@@H](N)CSSC[C@H](NC(=O)OC(C)(C)C)C(=O)O. The van der Waals surface area contributed by atoms with Gasteiger partial charge in [-0.1, -0.05) is 21.6 Å². The van der Waals surface area contributed by atoms with Gasteiger partial charge in [0.15, 0.2) is 0 Å². The van der Waals surface area contributed by atoms with Gasteiger partial charge in [-0.3, -0.25) is 4.79 Å². The zero-order valence-electron chi connectivity index (χ0n) is 13.0. The van der Waals surface area contributed by atoms with Gasteiger partial charge in [0.1, 0.15) is 17.7 Å². The summed E-state index contributed by atoms with van der Waals surface area (Å²) >= 11 is 0. The van der Waals surface area contributed by atoms with Crippen LogP contribution in [0.5, 0.6) is 0 Å². The van der Waals surface area contributed by atoms with Crippen LogP contribution in [0.4, 0.5) is 4.79 Å². The lowest BCUT2D eigenvalue weighted by Gasteiger charge is -2.21. The highest BCUT2D eigenvalue weighted by atomic mass is 33.1. The van der Waals surface area contributed by atoms with E-state index in [1.165, 1.54) is 28.7 Å². The molecule has 128 valence electrons. The summed E-state index contributed by atoms with van der Waals surface area (Å²) in [5, 5.41) is 11.3. The minimum atomic E-state index is -1.17. The van der Waals surface area contributed by atoms with E-state index in [1.807, 2.05) is 0 Å². The van der Waals surface area contributed by atoms with Crippen LogP contribution in [0.2, 0.25) is 0 Å². The Labute approximate surface area is 137 Å². The predicted octanol–water partition coefficient (Wildman–Crippen LogP) is 0.846. The molecule has 0 aromatic carbocycles. The van der Waals surface area contributed by atoms with Crippen molar-refractivity contribution < 1.29 is 29.0 Å². The monoisotopic (exact) mass is 354 g/mol. The summed E-state index contributed by atoms with van der Waals surface area (Å²) in [5.74, 6) is -1.32. The summed E-state index contributed by atoms with van der Waals surface area (Å²) in [4.78, 5) is 33.7. The molecule has 4 N–H and O–H groups in total. The zero-order chi connectivity index (χ0) is 17.3. The topological polar surface area (TPSA) is 128 Å². The normalized spacial score (nSPS) is 13.9. The Kier molecular flexibility index (Phi) is 9.30. The number of methoxy groups -OCH3 is 1. The third kappa shape index (κ3) is 9.74. The highest BCUT2D eigenvalue weighted by molar-refractivity contribution is 8.76. The molecule has 10 heteroatoms. The summed E-state index contributed by atoms with van der Waals surface area (Å²) < 4.78 is 9.47. The van der Waals surface area contributed by atoms with Crippen molar-refractivity contribution in [2.75, 3.05) is 18.6 Å². The van der Waals surface area contributed by atoms with Gasteiger partial charge in [-0.05, 0) is 20.8 Å². The van der Waals surface area contributed by atoms with Crippen LogP contribution in [0.15, 0.2) is 0 Å². The fourth-order valence-electron chi connectivity index (χ4n) is 1.08. The second-order valence-electron chi connectivity index (χ2n) is 5.24. The maximum absolute atomic E-state index is 11.5. The number of nitrogens with one attached hydrogen (secondary N) is 1. The number of carbonyl (C=O) groups excluding carboxylic acids is 2. The van der Waals surface area contributed by atoms with Gasteiger partial charge in [0.25, 0.3) is 0 Å². The summed E-state index contributed by atoms with van der Waals surface area (Å²) in [6.45, 7) is 5.05. The molecule has 0 fully saturated rings. The maximum atomic E-state index is 11.5. The molecule has 0 aliphatic carbocycles. The number of carboxylic acids is 1. The fourth-order valence-corrected chi connectivity index (χ4v) is 3.34. The van der Waals surface area contributed by atoms with E-state index in [-0.39, 0.29) is 11.5 Å². The number of amides is 1. The number of hydrogen-bond acceptors (Lipinski definition) is 8. The molecule has 0 unspecified atom stereocenters. The van der Waals surface area contributed by atoms with Crippen LogP contribution >= 0.6 is 21.6 Å². The molecule has 22 heavy (non-hydrogen) atoms. The first-order valence-corrected chi connectivity index (χ1v) is 8.85. The Hall–Kier alpha value is -1.13. The third-order valence-electron chi connectivity index (χ3n) is 2.06. The molecule has 0 rings (SSSR count). The molecule has 2 atom stereocenters. The van der Waals surface area contributed by atoms with Crippen molar-refractivity contribution in [3.8, 4) is 0 Å². The van der Waals surface area contributed by atoms with Crippen LogP contribution in [-0.4, -0.2) is 59.4 Å². The number of aliphatic carboxylic acids is 1. The average Bonchev–Trinajstić information content (AvgIpc) is 2.38. The zero-order valence-corrected chi connectivity index (χ0v) is 14.6. The van der Waals surface area contributed by atoms with Crippen LogP contribution in [0, 0.1) is 0 Å². The standard InChI is InChI=1S/C12H22N2O6S2/c1-12(2,3)20-11(18)14-8(9(15)16)6-22-21-5-7(13)10(17)19-4/h7-8H,5-6,13H2,1-4H3,(H,14,18)(H,15,16)/t7-,8-/m0/s1. The van der Waals surface area contributed by atoms with Gasteiger partial charge in [0.05, 0.1) is 7.11 Å². The number of esters is 1. The molecule has 0 spiro atoms. The lowest BCUT2D eigenvalue weighted by atomic mass is 10.2. The first-order valence-electron chi connectivity index (χ1n) is 6.37. The molecule has 1 amide bonds. The molecule has 0 aliphatic rings. The van der Waals surface area contributed by atoms with Crippen molar-refractivity contribution in [1.82, 2.24) is 5.32 Å². The van der Waals surface area contributed by atoms with Gasteiger partial charge < -0.3 is 25.6 Å². The summed E-state index contributed by atoms with van der Waals surface area (Å²) in [6.07, 6.45) is -0.795. The van der Waals surface area contributed by atoms with Gasteiger partial charge >= 0.3 is 18.0 Å². The number of alkyl carbamates (subject to hydrolysis) is 1. The number of carbonyl (C=O) groups is 3. The van der Waals surface area contributed by atoms with Gasteiger partial charge in [-0.25, -0.2) is 9.59 Å². The van der Waals surface area contributed by atoms with Gasteiger partial charge in [0, 0.05) is 11.5 Å². The van der Waals surface area contributed by atoms with E-state index in [0.717, 1.165) is 0 Å². The molecule has 0 radical (unpaired) electrons. The van der Waals surface area contributed by atoms with E-state index >= 15 is 0 Å². The minimum absolute atomic E-state index is 0.104. The lowest BCUT2D eigenvalue weighted by molar-refractivity contribution is -0.141. The van der Waals surface area contributed by atoms with E-state index in [1.54, 1.807) is 20.8 Å². The van der Waals surface area contributed by atoms with Crippen LogP contribution in [0.3, 0.4) is 0 Å². The molecule has 0 heterocycles. The molecular formula is C12H22N2O6S2. The summed E-state index contributed by atoms with van der Waals surface area (Å²) in [5.41, 5.74) is 4.83. The molecule has 0 aliphatic heterocycles. The highest BCUT2D eigenvalue weighted by Gasteiger charge is 2.24. The van der Waals surface area contributed by atoms with Crippen molar-refractivity contribution in [3.63, 3.8) is 0 Å². The molecular weight excluding hydrogens is 332 g/mol. The molecule has 0 bridgehead atoms. The van der Waals surface area contributed by atoms with Crippen LogP contribution in [0.1, 0.15) is 20.8 Å². The summed E-state index contributed by atoms with van der Waals surface area (Å²) in [7, 11) is 3.65. The summed E-state index contributed by atoms with van der Waals surface area (Å²) in [6, 6.07) is -1.87. The first kappa shape index (κ1) is 20.9. The van der Waals surface area contributed by atoms with Gasteiger partial charge in [-0.2, -0.15) is 0 Å². The second-order valence-corrected chi connectivity index (χ2v) is 7.79. The van der Waals surface area contributed by atoms with Crippen LogP contribution in [-0.2, 0) is 19.1 Å². The smallest absolute Gasteiger partial charge is 0.408 e. The highest BCUT2D eigenvalue weighted by Crippen LogP contribution is 2.23. The number of ether oxygens (including phenoxy) is 2.